The third-order valence-corrected chi connectivity index (χ3v) is 3.43. The highest BCUT2D eigenvalue weighted by atomic mass is 16.6. The van der Waals surface area contributed by atoms with Crippen molar-refractivity contribution in [1.29, 1.82) is 0 Å². The Balaban J connectivity index is 2.27. The average molecular weight is 140 g/mol. The maximum atomic E-state index is 10.8. The fourth-order valence-electron chi connectivity index (χ4n) is 2.16. The van der Waals surface area contributed by atoms with Crippen molar-refractivity contribution in [3.63, 3.8) is 0 Å². The van der Waals surface area contributed by atoms with Gasteiger partial charge in [-0.1, -0.05) is 13.8 Å². The van der Waals surface area contributed by atoms with Crippen LogP contribution in [-0.2, 0) is 9.53 Å². The van der Waals surface area contributed by atoms with E-state index < -0.39 is 0 Å². The summed E-state index contributed by atoms with van der Waals surface area (Å²) in [5, 5.41) is 0. The first-order valence-corrected chi connectivity index (χ1v) is 3.70. The van der Waals surface area contributed by atoms with E-state index in [1.165, 1.54) is 0 Å². The van der Waals surface area contributed by atoms with E-state index >= 15 is 0 Å². The molecule has 0 unspecified atom stereocenters. The standard InChI is InChI=1S/C8H12O2/c1-7(2)5-4-6(9)10-8(5,7)3/h5H,4H2,1-3H3/t5-,8+/m1/s1. The topological polar surface area (TPSA) is 26.3 Å². The van der Waals surface area contributed by atoms with Crippen LogP contribution in [0.1, 0.15) is 27.2 Å². The van der Waals surface area contributed by atoms with Crippen molar-refractivity contribution in [3.05, 3.63) is 0 Å². The Morgan fingerprint density at radius 3 is 2.40 bits per heavy atom. The van der Waals surface area contributed by atoms with Gasteiger partial charge in [0.25, 0.3) is 0 Å². The summed E-state index contributed by atoms with van der Waals surface area (Å²) in [6, 6.07) is 0. The molecule has 10 heavy (non-hydrogen) atoms. The Morgan fingerprint density at radius 2 is 2.10 bits per heavy atom. The first kappa shape index (κ1) is 6.20. The zero-order valence-corrected chi connectivity index (χ0v) is 6.60. The second kappa shape index (κ2) is 1.25. The zero-order chi connectivity index (χ0) is 7.57. The molecule has 1 aliphatic heterocycles. The van der Waals surface area contributed by atoms with Gasteiger partial charge in [-0.2, -0.15) is 0 Å². The third-order valence-electron chi connectivity index (χ3n) is 3.43. The van der Waals surface area contributed by atoms with Crippen LogP contribution >= 0.6 is 0 Å². The van der Waals surface area contributed by atoms with Crippen LogP contribution in [0.5, 0.6) is 0 Å². The van der Waals surface area contributed by atoms with Crippen molar-refractivity contribution in [3.8, 4) is 0 Å². The second-order valence-corrected chi connectivity index (χ2v) is 4.06. The molecular formula is C8H12O2. The normalized spacial score (nSPS) is 48.3. The lowest BCUT2D eigenvalue weighted by atomic mass is 10.1. The van der Waals surface area contributed by atoms with Crippen LogP contribution in [0.25, 0.3) is 0 Å². The summed E-state index contributed by atoms with van der Waals surface area (Å²) in [7, 11) is 0. The minimum Gasteiger partial charge on any atom is -0.458 e. The Kier molecular flexibility index (Phi) is 0.773. The molecule has 0 N–H and O–H groups in total. The molecule has 0 spiro atoms. The molecule has 2 nitrogen and oxygen atoms in total. The molecule has 2 aliphatic rings. The van der Waals surface area contributed by atoms with Crippen molar-refractivity contribution in [1.82, 2.24) is 0 Å². The molecule has 0 aromatic heterocycles. The van der Waals surface area contributed by atoms with Gasteiger partial charge >= 0.3 is 5.97 Å². The Morgan fingerprint density at radius 1 is 1.50 bits per heavy atom. The predicted molar refractivity (Wildman–Crippen MR) is 36.4 cm³/mol. The van der Waals surface area contributed by atoms with Crippen molar-refractivity contribution >= 4 is 5.97 Å². The minimum atomic E-state index is -0.121. The van der Waals surface area contributed by atoms with Crippen LogP contribution in [0.4, 0.5) is 0 Å². The highest BCUT2D eigenvalue weighted by molar-refractivity contribution is 5.75. The van der Waals surface area contributed by atoms with Gasteiger partial charge in [0.15, 0.2) is 0 Å². The minimum absolute atomic E-state index is 0.0215. The molecule has 0 aromatic carbocycles. The number of rotatable bonds is 0. The summed E-state index contributed by atoms with van der Waals surface area (Å²) in [6.45, 7) is 6.34. The Hall–Kier alpha value is -0.530. The SMILES string of the molecule is CC1(C)[C@H]2CC(=O)O[C@@]21C. The van der Waals surface area contributed by atoms with Gasteiger partial charge in [0, 0.05) is 11.3 Å². The average Bonchev–Trinajstić information content (AvgIpc) is 2.21. The van der Waals surface area contributed by atoms with Gasteiger partial charge < -0.3 is 4.74 Å². The molecule has 56 valence electrons. The van der Waals surface area contributed by atoms with Gasteiger partial charge in [-0.3, -0.25) is 4.79 Å². The smallest absolute Gasteiger partial charge is 0.306 e. The maximum Gasteiger partial charge on any atom is 0.306 e. The van der Waals surface area contributed by atoms with Crippen molar-refractivity contribution in [2.24, 2.45) is 11.3 Å². The van der Waals surface area contributed by atoms with Gasteiger partial charge in [0.2, 0.25) is 0 Å². The van der Waals surface area contributed by atoms with Gasteiger partial charge in [0.1, 0.15) is 5.60 Å². The van der Waals surface area contributed by atoms with Crippen LogP contribution in [0.3, 0.4) is 0 Å². The van der Waals surface area contributed by atoms with Gasteiger partial charge in [-0.25, -0.2) is 0 Å². The molecule has 1 heterocycles. The fraction of sp³-hybridized carbons (Fsp3) is 0.875. The number of carbonyl (C=O) groups is 1. The molecular weight excluding hydrogens is 128 g/mol. The number of hydrogen-bond acceptors (Lipinski definition) is 2. The molecule has 0 bridgehead atoms. The number of fused-ring (bicyclic) bond motifs is 1. The largest absolute Gasteiger partial charge is 0.458 e. The first-order chi connectivity index (χ1) is 4.48. The number of ether oxygens (including phenoxy) is 1. The summed E-state index contributed by atoms with van der Waals surface area (Å²) in [5.41, 5.74) is 0.116. The van der Waals surface area contributed by atoms with Gasteiger partial charge in [-0.05, 0) is 6.92 Å². The van der Waals surface area contributed by atoms with Crippen LogP contribution in [0, 0.1) is 11.3 Å². The van der Waals surface area contributed by atoms with E-state index in [-0.39, 0.29) is 17.0 Å². The van der Waals surface area contributed by atoms with E-state index in [1.54, 1.807) is 0 Å². The lowest BCUT2D eigenvalue weighted by Crippen LogP contribution is -2.17. The van der Waals surface area contributed by atoms with Crippen molar-refractivity contribution in [2.45, 2.75) is 32.8 Å². The monoisotopic (exact) mass is 140 g/mol. The molecule has 2 fully saturated rings. The molecule has 0 amide bonds. The quantitative estimate of drug-likeness (QED) is 0.475. The predicted octanol–water partition coefficient (Wildman–Crippen LogP) is 1.35. The van der Waals surface area contributed by atoms with E-state index in [0.29, 0.717) is 12.3 Å². The van der Waals surface area contributed by atoms with Crippen molar-refractivity contribution in [2.75, 3.05) is 0 Å². The van der Waals surface area contributed by atoms with E-state index in [4.69, 9.17) is 4.74 Å². The third kappa shape index (κ3) is 0.414. The summed E-state index contributed by atoms with van der Waals surface area (Å²) in [6.07, 6.45) is 0.628. The van der Waals surface area contributed by atoms with Crippen LogP contribution < -0.4 is 0 Å². The maximum absolute atomic E-state index is 10.8. The molecule has 2 rings (SSSR count). The van der Waals surface area contributed by atoms with Crippen molar-refractivity contribution < 1.29 is 9.53 Å². The van der Waals surface area contributed by atoms with Gasteiger partial charge in [-0.15, -0.1) is 0 Å². The summed E-state index contributed by atoms with van der Waals surface area (Å²) >= 11 is 0. The molecule has 0 radical (unpaired) electrons. The number of hydrogen-bond donors (Lipinski definition) is 0. The van der Waals surface area contributed by atoms with Crippen LogP contribution in [-0.4, -0.2) is 11.6 Å². The van der Waals surface area contributed by atoms with E-state index in [2.05, 4.69) is 13.8 Å². The lowest BCUT2D eigenvalue weighted by molar-refractivity contribution is -0.147. The number of esters is 1. The zero-order valence-electron chi connectivity index (χ0n) is 6.60. The number of carbonyl (C=O) groups excluding carboxylic acids is 1. The van der Waals surface area contributed by atoms with Crippen LogP contribution in [0.2, 0.25) is 0 Å². The summed E-state index contributed by atoms with van der Waals surface area (Å²) in [5.74, 6) is 0.458. The molecule has 0 aromatic rings. The Bertz CT molecular complexity index is 207. The summed E-state index contributed by atoms with van der Waals surface area (Å²) in [4.78, 5) is 10.8. The molecule has 1 aliphatic carbocycles. The molecule has 2 atom stereocenters. The molecule has 2 heteroatoms. The molecule has 1 saturated heterocycles. The lowest BCUT2D eigenvalue weighted by Gasteiger charge is -2.13. The highest BCUT2D eigenvalue weighted by Crippen LogP contribution is 2.68. The highest BCUT2D eigenvalue weighted by Gasteiger charge is 2.75. The van der Waals surface area contributed by atoms with E-state index in [0.717, 1.165) is 0 Å². The summed E-state index contributed by atoms with van der Waals surface area (Å²) < 4.78 is 5.20. The fourth-order valence-corrected chi connectivity index (χ4v) is 2.16. The second-order valence-electron chi connectivity index (χ2n) is 4.06. The Labute approximate surface area is 60.6 Å². The van der Waals surface area contributed by atoms with E-state index in [1.807, 2.05) is 6.92 Å². The van der Waals surface area contributed by atoms with Gasteiger partial charge in [0.05, 0.1) is 6.42 Å². The van der Waals surface area contributed by atoms with E-state index in [9.17, 15) is 4.79 Å². The first-order valence-electron chi connectivity index (χ1n) is 3.70. The van der Waals surface area contributed by atoms with Crippen LogP contribution in [0.15, 0.2) is 0 Å². The molecule has 1 saturated carbocycles.